The topological polar surface area (TPSA) is 79.4 Å². The molecule has 1 aromatic rings. The number of nitriles is 1. The zero-order valence-corrected chi connectivity index (χ0v) is 11.4. The third kappa shape index (κ3) is 2.92. The monoisotopic (exact) mass is 299 g/mol. The number of nitrogens with zero attached hydrogens (tertiary/aromatic N) is 2. The maximum absolute atomic E-state index is 12.3. The molecule has 1 fully saturated rings. The lowest BCUT2D eigenvalue weighted by Gasteiger charge is -2.30. The summed E-state index contributed by atoms with van der Waals surface area (Å²) in [5, 5.41) is 9.22. The summed E-state index contributed by atoms with van der Waals surface area (Å²) >= 11 is 11.9. The number of hydrogen-bond donors (Lipinski definition) is 1. The number of hydrogen-bond acceptors (Lipinski definition) is 4. The molecule has 5 nitrogen and oxygen atoms in total. The first-order chi connectivity index (χ1) is 9.02. The predicted molar refractivity (Wildman–Crippen MR) is 72.1 cm³/mol. The van der Waals surface area contributed by atoms with Crippen LogP contribution < -0.4 is 5.73 Å². The van der Waals surface area contributed by atoms with E-state index in [0.717, 1.165) is 0 Å². The van der Waals surface area contributed by atoms with E-state index in [1.165, 1.54) is 17.0 Å². The fraction of sp³-hybridized carbons (Fsp3) is 0.333. The number of carbonyl (C=O) groups excluding carboxylic acids is 1. The molecule has 0 saturated carbocycles. The van der Waals surface area contributed by atoms with Gasteiger partial charge in [0.25, 0.3) is 5.91 Å². The molecule has 1 aromatic carbocycles. The molecule has 1 saturated heterocycles. The van der Waals surface area contributed by atoms with Gasteiger partial charge in [-0.15, -0.1) is 0 Å². The maximum atomic E-state index is 12.3. The van der Waals surface area contributed by atoms with Gasteiger partial charge in [-0.05, 0) is 12.1 Å². The van der Waals surface area contributed by atoms with Gasteiger partial charge in [0.2, 0.25) is 0 Å². The molecule has 1 aliphatic heterocycles. The Hall–Kier alpha value is -1.48. The van der Waals surface area contributed by atoms with Gasteiger partial charge in [0.15, 0.2) is 6.10 Å². The summed E-state index contributed by atoms with van der Waals surface area (Å²) in [6.07, 6.45) is -0.618. The van der Waals surface area contributed by atoms with Gasteiger partial charge in [0.05, 0.1) is 34.8 Å². The van der Waals surface area contributed by atoms with Gasteiger partial charge >= 0.3 is 0 Å². The van der Waals surface area contributed by atoms with Gasteiger partial charge in [0.1, 0.15) is 0 Å². The molecule has 1 aliphatic rings. The van der Waals surface area contributed by atoms with E-state index >= 15 is 0 Å². The highest BCUT2D eigenvalue weighted by Gasteiger charge is 2.26. The Morgan fingerprint density at radius 3 is 2.95 bits per heavy atom. The van der Waals surface area contributed by atoms with Crippen molar-refractivity contribution in [3.63, 3.8) is 0 Å². The molecule has 1 unspecified atom stereocenters. The van der Waals surface area contributed by atoms with E-state index in [9.17, 15) is 4.79 Å². The summed E-state index contributed by atoms with van der Waals surface area (Å²) in [6, 6.07) is 4.94. The van der Waals surface area contributed by atoms with Gasteiger partial charge in [-0.25, -0.2) is 0 Å². The number of carbonyl (C=O) groups is 1. The van der Waals surface area contributed by atoms with Crippen LogP contribution in [0, 0.1) is 11.3 Å². The van der Waals surface area contributed by atoms with Crippen molar-refractivity contribution in [3.05, 3.63) is 27.7 Å². The van der Waals surface area contributed by atoms with E-state index in [-0.39, 0.29) is 28.1 Å². The van der Waals surface area contributed by atoms with E-state index in [4.69, 9.17) is 38.9 Å². The molecule has 2 rings (SSSR count). The van der Waals surface area contributed by atoms with Crippen LogP contribution >= 0.6 is 23.2 Å². The number of halogens is 2. The molecular weight excluding hydrogens is 289 g/mol. The van der Waals surface area contributed by atoms with Crippen molar-refractivity contribution in [2.75, 3.05) is 25.4 Å². The number of benzene rings is 1. The summed E-state index contributed by atoms with van der Waals surface area (Å²) < 4.78 is 5.18. The van der Waals surface area contributed by atoms with Crippen LogP contribution in [-0.2, 0) is 4.74 Å². The van der Waals surface area contributed by atoms with Gasteiger partial charge in [-0.3, -0.25) is 4.79 Å². The Bertz CT molecular complexity index is 557. The fourth-order valence-electron chi connectivity index (χ4n) is 1.85. The standard InChI is InChI=1S/C12H11Cl2N3O2/c13-10-4-7(16)3-9(11(10)14)12(18)17-1-2-19-8(5-15)6-17/h3-4,8H,1-2,6,16H2. The molecule has 0 aromatic heterocycles. The maximum Gasteiger partial charge on any atom is 0.255 e. The lowest BCUT2D eigenvalue weighted by Crippen LogP contribution is -2.45. The number of morpholine rings is 1. The van der Waals surface area contributed by atoms with Crippen LogP contribution in [0.25, 0.3) is 0 Å². The second-order valence-electron chi connectivity index (χ2n) is 4.10. The summed E-state index contributed by atoms with van der Waals surface area (Å²) in [5.74, 6) is -0.303. The minimum atomic E-state index is -0.618. The van der Waals surface area contributed by atoms with Gasteiger partial charge in [0, 0.05) is 12.2 Å². The molecule has 7 heteroatoms. The molecule has 2 N–H and O–H groups in total. The second-order valence-corrected chi connectivity index (χ2v) is 4.89. The summed E-state index contributed by atoms with van der Waals surface area (Å²) in [4.78, 5) is 13.9. The van der Waals surface area contributed by atoms with Crippen LogP contribution in [0.3, 0.4) is 0 Å². The molecule has 1 amide bonds. The Morgan fingerprint density at radius 2 is 2.26 bits per heavy atom. The van der Waals surface area contributed by atoms with Crippen molar-refractivity contribution in [3.8, 4) is 6.07 Å². The van der Waals surface area contributed by atoms with Gasteiger partial charge in [-0.2, -0.15) is 5.26 Å². The summed E-state index contributed by atoms with van der Waals surface area (Å²) in [5.41, 5.74) is 6.26. The zero-order chi connectivity index (χ0) is 14.0. The van der Waals surface area contributed by atoms with Crippen LogP contribution in [0.4, 0.5) is 5.69 Å². The molecule has 100 valence electrons. The summed E-state index contributed by atoms with van der Waals surface area (Å²) in [6.45, 7) is 0.926. The lowest BCUT2D eigenvalue weighted by atomic mass is 10.1. The summed E-state index contributed by atoms with van der Waals surface area (Å²) in [7, 11) is 0. The fourth-order valence-corrected chi connectivity index (χ4v) is 2.27. The average molecular weight is 300 g/mol. The first kappa shape index (κ1) is 13.9. The highest BCUT2D eigenvalue weighted by Crippen LogP contribution is 2.29. The quantitative estimate of drug-likeness (QED) is 0.804. The SMILES string of the molecule is N#CC1CN(C(=O)c2cc(N)cc(Cl)c2Cl)CCO1. The highest BCUT2D eigenvalue weighted by atomic mass is 35.5. The van der Waals surface area contributed by atoms with Crippen molar-refractivity contribution >= 4 is 34.8 Å². The largest absolute Gasteiger partial charge is 0.399 e. The van der Waals surface area contributed by atoms with Crippen molar-refractivity contribution < 1.29 is 9.53 Å². The molecule has 0 radical (unpaired) electrons. The number of nitrogens with two attached hydrogens (primary N) is 1. The highest BCUT2D eigenvalue weighted by molar-refractivity contribution is 6.44. The van der Waals surface area contributed by atoms with E-state index in [1.807, 2.05) is 6.07 Å². The molecule has 0 bridgehead atoms. The van der Waals surface area contributed by atoms with Crippen LogP contribution in [0.1, 0.15) is 10.4 Å². The second kappa shape index (κ2) is 5.66. The molecule has 0 spiro atoms. The van der Waals surface area contributed by atoms with Gasteiger partial charge < -0.3 is 15.4 Å². The van der Waals surface area contributed by atoms with Crippen molar-refractivity contribution in [2.45, 2.75) is 6.10 Å². The number of anilines is 1. The smallest absolute Gasteiger partial charge is 0.255 e. The third-order valence-corrected chi connectivity index (χ3v) is 3.58. The molecule has 0 aliphatic carbocycles. The minimum absolute atomic E-state index is 0.167. The van der Waals surface area contributed by atoms with Crippen molar-refractivity contribution in [1.29, 1.82) is 5.26 Å². The lowest BCUT2D eigenvalue weighted by molar-refractivity contribution is 0.00348. The Balaban J connectivity index is 2.27. The average Bonchev–Trinajstić information content (AvgIpc) is 2.42. The van der Waals surface area contributed by atoms with Crippen LogP contribution in [0.15, 0.2) is 12.1 Å². The van der Waals surface area contributed by atoms with Crippen molar-refractivity contribution in [2.24, 2.45) is 0 Å². The molecule has 1 heterocycles. The molecule has 1 atom stereocenters. The Morgan fingerprint density at radius 1 is 1.53 bits per heavy atom. The Kier molecular flexibility index (Phi) is 4.15. The van der Waals surface area contributed by atoms with E-state index in [1.54, 1.807) is 0 Å². The molecular formula is C12H11Cl2N3O2. The number of nitrogen functional groups attached to an aromatic ring is 1. The Labute approximate surface area is 120 Å². The zero-order valence-electron chi connectivity index (χ0n) is 9.90. The first-order valence-electron chi connectivity index (χ1n) is 5.58. The van der Waals surface area contributed by atoms with Crippen LogP contribution in [-0.4, -0.2) is 36.6 Å². The number of amides is 1. The van der Waals surface area contributed by atoms with E-state index in [0.29, 0.717) is 18.8 Å². The van der Waals surface area contributed by atoms with E-state index in [2.05, 4.69) is 0 Å². The van der Waals surface area contributed by atoms with Crippen LogP contribution in [0.2, 0.25) is 10.0 Å². The predicted octanol–water partition coefficient (Wildman–Crippen LogP) is 1.94. The minimum Gasteiger partial charge on any atom is -0.399 e. The van der Waals surface area contributed by atoms with E-state index < -0.39 is 6.10 Å². The van der Waals surface area contributed by atoms with Crippen LogP contribution in [0.5, 0.6) is 0 Å². The number of rotatable bonds is 1. The van der Waals surface area contributed by atoms with Gasteiger partial charge in [-0.1, -0.05) is 23.2 Å². The first-order valence-corrected chi connectivity index (χ1v) is 6.33. The normalized spacial score (nSPS) is 19.0. The molecule has 19 heavy (non-hydrogen) atoms. The third-order valence-electron chi connectivity index (χ3n) is 2.78. The van der Waals surface area contributed by atoms with Crippen molar-refractivity contribution in [1.82, 2.24) is 4.90 Å². The number of ether oxygens (including phenoxy) is 1.